The Morgan fingerprint density at radius 1 is 1.07 bits per heavy atom. The van der Waals surface area contributed by atoms with Gasteiger partial charge in [0.25, 0.3) is 0 Å². The van der Waals surface area contributed by atoms with Crippen molar-refractivity contribution in [3.8, 4) is 0 Å². The molecule has 2 aromatic heterocycles. The van der Waals surface area contributed by atoms with E-state index in [1.165, 1.54) is 16.5 Å². The highest BCUT2D eigenvalue weighted by Crippen LogP contribution is 2.31. The Hall–Kier alpha value is -3.60. The molecule has 1 atom stereocenters. The fourth-order valence-electron chi connectivity index (χ4n) is 3.65. The maximum Gasteiger partial charge on any atom is 0.319 e. The third-order valence-corrected chi connectivity index (χ3v) is 5.17. The van der Waals surface area contributed by atoms with Gasteiger partial charge < -0.3 is 15.2 Å². The summed E-state index contributed by atoms with van der Waals surface area (Å²) in [6.45, 7) is 2.49. The van der Waals surface area contributed by atoms with Crippen LogP contribution in [-0.2, 0) is 7.05 Å². The summed E-state index contributed by atoms with van der Waals surface area (Å²) in [5, 5.41) is 7.11. The summed E-state index contributed by atoms with van der Waals surface area (Å²) in [6, 6.07) is 19.8. The van der Waals surface area contributed by atoms with E-state index in [2.05, 4.69) is 44.6 Å². The third kappa shape index (κ3) is 4.14. The molecule has 0 spiro atoms. The minimum atomic E-state index is -0.219. The van der Waals surface area contributed by atoms with E-state index in [1.54, 1.807) is 6.20 Å². The van der Waals surface area contributed by atoms with Crippen molar-refractivity contribution in [3.63, 3.8) is 0 Å². The monoisotopic (exact) mass is 384 g/mol. The number of pyridine rings is 1. The van der Waals surface area contributed by atoms with Crippen molar-refractivity contribution < 1.29 is 4.79 Å². The fraction of sp³-hybridized carbons (Fsp3) is 0.167. The first kappa shape index (κ1) is 18.7. The zero-order chi connectivity index (χ0) is 20.2. The SMILES string of the molecule is Cc1ccc(NC(=O)NCC(c2cccnc2)c2cn(C)c3ccccc23)cc1. The van der Waals surface area contributed by atoms with Gasteiger partial charge in [-0.25, -0.2) is 4.79 Å². The second-order valence-corrected chi connectivity index (χ2v) is 7.25. The van der Waals surface area contributed by atoms with E-state index in [4.69, 9.17) is 0 Å². The maximum absolute atomic E-state index is 12.5. The van der Waals surface area contributed by atoms with Crippen molar-refractivity contribution in [2.24, 2.45) is 7.05 Å². The molecule has 0 aliphatic heterocycles. The van der Waals surface area contributed by atoms with Gasteiger partial charge in [-0.1, -0.05) is 42.0 Å². The molecule has 0 saturated carbocycles. The van der Waals surface area contributed by atoms with Gasteiger partial charge in [0, 0.05) is 54.7 Å². The Labute approximate surface area is 170 Å². The second-order valence-electron chi connectivity index (χ2n) is 7.25. The van der Waals surface area contributed by atoms with Crippen LogP contribution in [0.2, 0.25) is 0 Å². The van der Waals surface area contributed by atoms with Crippen LogP contribution in [0.3, 0.4) is 0 Å². The summed E-state index contributed by atoms with van der Waals surface area (Å²) in [7, 11) is 2.05. The van der Waals surface area contributed by atoms with Crippen LogP contribution in [0.1, 0.15) is 22.6 Å². The molecule has 29 heavy (non-hydrogen) atoms. The summed E-state index contributed by atoms with van der Waals surface area (Å²) < 4.78 is 2.13. The molecule has 2 aromatic carbocycles. The number of urea groups is 1. The number of carbonyl (C=O) groups excluding carboxylic acids is 1. The number of rotatable bonds is 5. The molecule has 0 radical (unpaired) electrons. The summed E-state index contributed by atoms with van der Waals surface area (Å²) in [4.78, 5) is 16.8. The number of nitrogens with zero attached hydrogens (tertiary/aromatic N) is 2. The first-order valence-electron chi connectivity index (χ1n) is 9.67. The predicted octanol–water partition coefficient (Wildman–Crippen LogP) is 4.84. The number of para-hydroxylation sites is 1. The largest absolute Gasteiger partial charge is 0.350 e. The average Bonchev–Trinajstić information content (AvgIpc) is 3.07. The van der Waals surface area contributed by atoms with Crippen LogP contribution in [0.15, 0.2) is 79.3 Å². The van der Waals surface area contributed by atoms with Gasteiger partial charge in [0.2, 0.25) is 0 Å². The molecule has 5 heteroatoms. The third-order valence-electron chi connectivity index (χ3n) is 5.17. The number of aromatic nitrogens is 2. The predicted molar refractivity (Wildman–Crippen MR) is 117 cm³/mol. The van der Waals surface area contributed by atoms with Crippen LogP contribution >= 0.6 is 0 Å². The van der Waals surface area contributed by atoms with Crippen LogP contribution < -0.4 is 10.6 Å². The number of hydrogen-bond donors (Lipinski definition) is 2. The average molecular weight is 384 g/mol. The molecule has 0 fully saturated rings. The van der Waals surface area contributed by atoms with E-state index in [0.29, 0.717) is 6.54 Å². The van der Waals surface area contributed by atoms with Crippen LogP contribution in [0.5, 0.6) is 0 Å². The molecular weight excluding hydrogens is 360 g/mol. The highest BCUT2D eigenvalue weighted by Gasteiger charge is 2.20. The van der Waals surface area contributed by atoms with E-state index in [1.807, 2.05) is 62.6 Å². The van der Waals surface area contributed by atoms with Crippen LogP contribution in [0.25, 0.3) is 10.9 Å². The number of amides is 2. The Balaban J connectivity index is 1.58. The molecule has 2 amide bonds. The number of fused-ring (bicyclic) bond motifs is 1. The molecule has 0 aliphatic rings. The van der Waals surface area contributed by atoms with Gasteiger partial charge >= 0.3 is 6.03 Å². The minimum Gasteiger partial charge on any atom is -0.350 e. The second kappa shape index (κ2) is 8.19. The summed E-state index contributed by atoms with van der Waals surface area (Å²) >= 11 is 0. The quantitative estimate of drug-likeness (QED) is 0.517. The van der Waals surface area contributed by atoms with Crippen molar-refractivity contribution in [2.75, 3.05) is 11.9 Å². The zero-order valence-corrected chi connectivity index (χ0v) is 16.6. The number of carbonyl (C=O) groups is 1. The molecule has 2 N–H and O–H groups in total. The minimum absolute atomic E-state index is 0.00133. The summed E-state index contributed by atoms with van der Waals surface area (Å²) in [6.07, 6.45) is 5.77. The maximum atomic E-state index is 12.5. The first-order chi connectivity index (χ1) is 14.1. The van der Waals surface area contributed by atoms with E-state index >= 15 is 0 Å². The van der Waals surface area contributed by atoms with Crippen molar-refractivity contribution >= 4 is 22.6 Å². The van der Waals surface area contributed by atoms with Gasteiger partial charge in [0.05, 0.1) is 0 Å². The molecule has 1 unspecified atom stereocenters. The first-order valence-corrected chi connectivity index (χ1v) is 9.67. The van der Waals surface area contributed by atoms with Gasteiger partial charge in [-0.15, -0.1) is 0 Å². The summed E-state index contributed by atoms with van der Waals surface area (Å²) in [5.41, 5.74) is 5.34. The molecule has 0 bridgehead atoms. The standard InChI is InChI=1S/C24H24N4O/c1-17-9-11-19(12-10-17)27-24(29)26-15-21(18-6-5-13-25-14-18)22-16-28(2)23-8-4-3-7-20(22)23/h3-14,16,21H,15H2,1-2H3,(H2,26,27,29). The molecular formula is C24H24N4O. The van der Waals surface area contributed by atoms with Crippen LogP contribution in [0, 0.1) is 6.92 Å². The smallest absolute Gasteiger partial charge is 0.319 e. The molecule has 2 heterocycles. The number of aryl methyl sites for hydroxylation is 2. The van der Waals surface area contributed by atoms with E-state index in [-0.39, 0.29) is 11.9 Å². The van der Waals surface area contributed by atoms with E-state index < -0.39 is 0 Å². The lowest BCUT2D eigenvalue weighted by atomic mass is 9.92. The van der Waals surface area contributed by atoms with Crippen molar-refractivity contribution in [1.29, 1.82) is 0 Å². The van der Waals surface area contributed by atoms with Gasteiger partial charge in [0.1, 0.15) is 0 Å². The van der Waals surface area contributed by atoms with Crippen LogP contribution in [0.4, 0.5) is 10.5 Å². The molecule has 5 nitrogen and oxygen atoms in total. The number of nitrogens with one attached hydrogen (secondary N) is 2. The lowest BCUT2D eigenvalue weighted by Crippen LogP contribution is -2.32. The van der Waals surface area contributed by atoms with Gasteiger partial charge in [-0.3, -0.25) is 4.98 Å². The number of hydrogen-bond acceptors (Lipinski definition) is 2. The van der Waals surface area contributed by atoms with Gasteiger partial charge in [-0.05, 0) is 42.3 Å². The fourth-order valence-corrected chi connectivity index (χ4v) is 3.65. The zero-order valence-electron chi connectivity index (χ0n) is 16.6. The Bertz CT molecular complexity index is 1120. The van der Waals surface area contributed by atoms with E-state index in [9.17, 15) is 4.79 Å². The molecule has 0 aliphatic carbocycles. The molecule has 4 rings (SSSR count). The lowest BCUT2D eigenvalue weighted by molar-refractivity contribution is 0.252. The highest BCUT2D eigenvalue weighted by atomic mass is 16.2. The van der Waals surface area contributed by atoms with Crippen molar-refractivity contribution in [3.05, 3.63) is 95.9 Å². The van der Waals surface area contributed by atoms with E-state index in [0.717, 1.165) is 16.8 Å². The Kier molecular flexibility index (Phi) is 5.29. The van der Waals surface area contributed by atoms with Gasteiger partial charge in [0.15, 0.2) is 0 Å². The Morgan fingerprint density at radius 2 is 1.86 bits per heavy atom. The normalized spacial score (nSPS) is 11.9. The molecule has 0 saturated heterocycles. The summed E-state index contributed by atoms with van der Waals surface area (Å²) in [5.74, 6) is -0.00133. The highest BCUT2D eigenvalue weighted by molar-refractivity contribution is 5.89. The topological polar surface area (TPSA) is 59.0 Å². The van der Waals surface area contributed by atoms with Crippen LogP contribution in [-0.4, -0.2) is 22.1 Å². The van der Waals surface area contributed by atoms with Gasteiger partial charge in [-0.2, -0.15) is 0 Å². The molecule has 146 valence electrons. The number of benzene rings is 2. The van der Waals surface area contributed by atoms with Crippen molar-refractivity contribution in [1.82, 2.24) is 14.9 Å². The van der Waals surface area contributed by atoms with Crippen molar-refractivity contribution in [2.45, 2.75) is 12.8 Å². The Morgan fingerprint density at radius 3 is 2.62 bits per heavy atom. The lowest BCUT2D eigenvalue weighted by Gasteiger charge is -2.18. The molecule has 4 aromatic rings. The number of anilines is 1.